The Morgan fingerprint density at radius 2 is 2.14 bits per heavy atom. The molecule has 1 atom stereocenters. The van der Waals surface area contributed by atoms with E-state index in [1.54, 1.807) is 0 Å². The van der Waals surface area contributed by atoms with Crippen molar-refractivity contribution in [2.24, 2.45) is 5.41 Å². The molecule has 0 spiro atoms. The van der Waals surface area contributed by atoms with E-state index in [9.17, 15) is 5.26 Å². The van der Waals surface area contributed by atoms with E-state index in [0.29, 0.717) is 17.4 Å². The summed E-state index contributed by atoms with van der Waals surface area (Å²) in [5.41, 5.74) is 2.82. The Kier molecular flexibility index (Phi) is 4.17. The number of ether oxygens (including phenoxy) is 1. The molecule has 0 amide bonds. The summed E-state index contributed by atoms with van der Waals surface area (Å²) in [5, 5.41) is 9.29. The zero-order valence-corrected chi connectivity index (χ0v) is 13.9. The molecule has 3 rings (SSSR count). The van der Waals surface area contributed by atoms with Gasteiger partial charge >= 0.3 is 0 Å². The minimum atomic E-state index is 0.0980. The van der Waals surface area contributed by atoms with Crippen molar-refractivity contribution in [3.05, 3.63) is 23.5 Å². The second-order valence-corrected chi connectivity index (χ2v) is 7.19. The van der Waals surface area contributed by atoms with E-state index in [4.69, 9.17) is 4.74 Å². The smallest absolute Gasteiger partial charge is 0.273 e. The fourth-order valence-corrected chi connectivity index (χ4v) is 4.19. The topological polar surface area (TPSA) is 45.9 Å². The lowest BCUT2D eigenvalue weighted by Gasteiger charge is -2.47. The highest BCUT2D eigenvalue weighted by molar-refractivity contribution is 6.66. The molecule has 2 aliphatic rings. The molecule has 1 aliphatic carbocycles. The molecule has 0 bridgehead atoms. The van der Waals surface area contributed by atoms with Crippen molar-refractivity contribution in [1.29, 1.82) is 5.26 Å². The summed E-state index contributed by atoms with van der Waals surface area (Å²) >= 11 is 0. The van der Waals surface area contributed by atoms with Gasteiger partial charge < -0.3 is 4.74 Å². The van der Waals surface area contributed by atoms with Gasteiger partial charge in [-0.05, 0) is 36.6 Å². The van der Waals surface area contributed by atoms with E-state index in [0.717, 1.165) is 36.9 Å². The molecule has 0 radical (unpaired) electrons. The predicted molar refractivity (Wildman–Crippen MR) is 89.2 cm³/mol. The van der Waals surface area contributed by atoms with Crippen LogP contribution in [0.1, 0.15) is 63.6 Å². The molecular weight excluding hydrogens is 271 g/mol. The predicted octanol–water partition coefficient (Wildman–Crippen LogP) is 4.19. The first-order chi connectivity index (χ1) is 10.6. The SMILES string of the molecule is CCC1(CC)CC(Oc2ccnc3c2CB(C#N)CC3C)C1. The van der Waals surface area contributed by atoms with Gasteiger partial charge in [0.05, 0.1) is 6.10 Å². The molecule has 4 heteroatoms. The molecule has 0 N–H and O–H groups in total. The Hall–Kier alpha value is -1.50. The molecule has 1 saturated carbocycles. The number of pyridine rings is 1. The summed E-state index contributed by atoms with van der Waals surface area (Å²) in [5.74, 6) is 3.76. The van der Waals surface area contributed by atoms with Gasteiger partial charge in [-0.3, -0.25) is 4.98 Å². The maximum Gasteiger partial charge on any atom is 0.273 e. The van der Waals surface area contributed by atoms with E-state index >= 15 is 0 Å². The van der Waals surface area contributed by atoms with Crippen molar-refractivity contribution in [2.45, 2.75) is 71.1 Å². The number of nitrogens with zero attached hydrogens (tertiary/aromatic N) is 2. The lowest BCUT2D eigenvalue weighted by molar-refractivity contribution is -0.0210. The van der Waals surface area contributed by atoms with Gasteiger partial charge in [0.25, 0.3) is 6.71 Å². The van der Waals surface area contributed by atoms with Gasteiger partial charge in [-0.15, -0.1) is 0 Å². The first kappa shape index (κ1) is 15.4. The third-order valence-corrected chi connectivity index (χ3v) is 5.90. The minimum absolute atomic E-state index is 0.0980. The second-order valence-electron chi connectivity index (χ2n) is 7.19. The van der Waals surface area contributed by atoms with Crippen molar-refractivity contribution in [2.75, 3.05) is 0 Å². The summed E-state index contributed by atoms with van der Waals surface area (Å²) in [6.07, 6.45) is 8.71. The number of rotatable bonds is 4. The molecule has 1 aromatic rings. The summed E-state index contributed by atoms with van der Waals surface area (Å²) < 4.78 is 6.30. The van der Waals surface area contributed by atoms with E-state index in [-0.39, 0.29) is 6.71 Å². The molecule has 22 heavy (non-hydrogen) atoms. The molecule has 116 valence electrons. The number of hydrogen-bond acceptors (Lipinski definition) is 3. The van der Waals surface area contributed by atoms with E-state index in [1.165, 1.54) is 18.4 Å². The van der Waals surface area contributed by atoms with Crippen LogP contribution in [0.15, 0.2) is 12.3 Å². The highest BCUT2D eigenvalue weighted by Gasteiger charge is 2.43. The molecule has 1 aromatic heterocycles. The average molecular weight is 296 g/mol. The normalized spacial score (nSPS) is 23.4. The van der Waals surface area contributed by atoms with Crippen LogP contribution in [0.5, 0.6) is 5.75 Å². The standard InChI is InChI=1S/C18H25BN2O/c1-4-18(5-2)8-14(9-18)22-16-6-7-21-17-13(3)10-19(12-20)11-15(16)17/h6-7,13-14H,4-5,8-11H2,1-3H3. The zero-order chi connectivity index (χ0) is 15.7. The van der Waals surface area contributed by atoms with Crippen LogP contribution in [0.3, 0.4) is 0 Å². The molecular formula is C18H25BN2O. The lowest BCUT2D eigenvalue weighted by Crippen LogP contribution is -2.43. The largest absolute Gasteiger partial charge is 0.490 e. The molecule has 1 unspecified atom stereocenters. The van der Waals surface area contributed by atoms with Crippen molar-refractivity contribution >= 4 is 6.71 Å². The number of aromatic nitrogens is 1. The van der Waals surface area contributed by atoms with Crippen molar-refractivity contribution in [1.82, 2.24) is 4.98 Å². The van der Waals surface area contributed by atoms with Crippen LogP contribution in [0.2, 0.25) is 6.32 Å². The number of hydrogen-bond donors (Lipinski definition) is 0. The number of nitriles is 1. The van der Waals surface area contributed by atoms with E-state index in [1.807, 2.05) is 12.3 Å². The third-order valence-electron chi connectivity index (χ3n) is 5.90. The van der Waals surface area contributed by atoms with Gasteiger partial charge in [-0.25, -0.2) is 5.26 Å². The Bertz CT molecular complexity index is 583. The Balaban J connectivity index is 1.77. The summed E-state index contributed by atoms with van der Waals surface area (Å²) in [4.78, 5) is 4.55. The summed E-state index contributed by atoms with van der Waals surface area (Å²) in [6.45, 7) is 6.84. The van der Waals surface area contributed by atoms with Crippen LogP contribution in [-0.4, -0.2) is 17.8 Å². The van der Waals surface area contributed by atoms with Crippen LogP contribution in [0.4, 0.5) is 0 Å². The van der Waals surface area contributed by atoms with Gasteiger partial charge in [-0.1, -0.05) is 39.9 Å². The van der Waals surface area contributed by atoms with Gasteiger partial charge in [-0.2, -0.15) is 0 Å². The van der Waals surface area contributed by atoms with Gasteiger partial charge in [0, 0.05) is 23.4 Å². The third kappa shape index (κ3) is 2.62. The average Bonchev–Trinajstić information content (AvgIpc) is 2.50. The monoisotopic (exact) mass is 296 g/mol. The maximum atomic E-state index is 9.29. The molecule has 0 aromatic carbocycles. The van der Waals surface area contributed by atoms with Crippen LogP contribution >= 0.6 is 0 Å². The Morgan fingerprint density at radius 1 is 1.41 bits per heavy atom. The van der Waals surface area contributed by atoms with Gasteiger partial charge in [0.15, 0.2) is 0 Å². The molecule has 1 aliphatic heterocycles. The summed E-state index contributed by atoms with van der Waals surface area (Å²) in [7, 11) is 0. The maximum absolute atomic E-state index is 9.29. The summed E-state index contributed by atoms with van der Waals surface area (Å²) in [6, 6.07) is 1.99. The van der Waals surface area contributed by atoms with Crippen LogP contribution < -0.4 is 4.74 Å². The van der Waals surface area contributed by atoms with Crippen molar-refractivity contribution in [3.63, 3.8) is 0 Å². The lowest BCUT2D eigenvalue weighted by atomic mass is 9.40. The highest BCUT2D eigenvalue weighted by Crippen LogP contribution is 2.48. The van der Waals surface area contributed by atoms with Gasteiger partial charge in [0.1, 0.15) is 5.75 Å². The second kappa shape index (κ2) is 5.95. The first-order valence-corrected chi connectivity index (χ1v) is 8.65. The molecule has 3 nitrogen and oxygen atoms in total. The zero-order valence-electron chi connectivity index (χ0n) is 13.9. The highest BCUT2D eigenvalue weighted by atomic mass is 16.5. The minimum Gasteiger partial charge on any atom is -0.490 e. The van der Waals surface area contributed by atoms with Crippen LogP contribution in [-0.2, 0) is 6.32 Å². The Morgan fingerprint density at radius 3 is 2.77 bits per heavy atom. The molecule has 1 fully saturated rings. The fraction of sp³-hybridized carbons (Fsp3) is 0.667. The fourth-order valence-electron chi connectivity index (χ4n) is 4.19. The Labute approximate surface area is 134 Å². The van der Waals surface area contributed by atoms with E-state index in [2.05, 4.69) is 31.7 Å². The van der Waals surface area contributed by atoms with E-state index < -0.39 is 0 Å². The quantitative estimate of drug-likeness (QED) is 0.783. The van der Waals surface area contributed by atoms with Gasteiger partial charge in [0.2, 0.25) is 0 Å². The van der Waals surface area contributed by atoms with Crippen molar-refractivity contribution in [3.8, 4) is 11.7 Å². The number of fused-ring (bicyclic) bond motifs is 1. The molecule has 2 heterocycles. The first-order valence-electron chi connectivity index (χ1n) is 8.65. The van der Waals surface area contributed by atoms with Crippen molar-refractivity contribution < 1.29 is 4.74 Å². The van der Waals surface area contributed by atoms with Crippen LogP contribution in [0.25, 0.3) is 0 Å². The van der Waals surface area contributed by atoms with Crippen LogP contribution in [0, 0.1) is 16.6 Å². The molecule has 0 saturated heterocycles.